The Morgan fingerprint density at radius 1 is 1.24 bits per heavy atom. The first-order valence-electron chi connectivity index (χ1n) is 11.7. The number of nitrogens with zero attached hydrogens (tertiary/aromatic N) is 2. The lowest BCUT2D eigenvalue weighted by molar-refractivity contribution is -0.128. The first-order chi connectivity index (χ1) is 15.7. The van der Waals surface area contributed by atoms with Gasteiger partial charge in [0.2, 0.25) is 5.91 Å². The van der Waals surface area contributed by atoms with Crippen molar-refractivity contribution < 1.29 is 9.59 Å². The molecule has 7 heteroatoms. The number of rotatable bonds is 3. The Morgan fingerprint density at radius 2 is 2.03 bits per heavy atom. The summed E-state index contributed by atoms with van der Waals surface area (Å²) in [5.41, 5.74) is 2.01. The van der Waals surface area contributed by atoms with Gasteiger partial charge in [-0.05, 0) is 67.3 Å². The van der Waals surface area contributed by atoms with E-state index in [2.05, 4.69) is 19.2 Å². The van der Waals surface area contributed by atoms with Crippen LogP contribution in [0.2, 0.25) is 5.02 Å². The third kappa shape index (κ3) is 3.50. The van der Waals surface area contributed by atoms with Crippen LogP contribution >= 0.6 is 22.9 Å². The standard InChI is InChI=1S/C26H30ClN3O2S/c1-15-7-5-9-19(16(15)2)28-25(32)26(4)14-29-21-11-12-33-23(21)13-22(29)24(31)30(26)20-10-6-8-18(27)17(20)3/h6,8,10-13,15-16,19H,5,7,9,14H2,1-4H3,(H,28,32)/t15-,16+,19+,26+/m0/s1. The minimum absolute atomic E-state index is 0.107. The second-order valence-corrected chi connectivity index (χ2v) is 11.3. The van der Waals surface area contributed by atoms with Crippen molar-refractivity contribution in [3.63, 3.8) is 0 Å². The minimum atomic E-state index is -1.09. The van der Waals surface area contributed by atoms with Crippen LogP contribution in [0.5, 0.6) is 0 Å². The first-order valence-corrected chi connectivity index (χ1v) is 13.0. The van der Waals surface area contributed by atoms with E-state index in [4.69, 9.17) is 11.6 Å². The summed E-state index contributed by atoms with van der Waals surface area (Å²) in [6.45, 7) is 8.67. The molecular formula is C26H30ClN3O2S. The molecule has 174 valence electrons. The number of nitrogens with one attached hydrogen (secondary N) is 1. The maximum atomic E-state index is 14.0. The molecule has 2 aromatic heterocycles. The number of amides is 2. The maximum absolute atomic E-state index is 14.0. The van der Waals surface area contributed by atoms with Crippen LogP contribution < -0.4 is 10.2 Å². The molecule has 33 heavy (non-hydrogen) atoms. The summed E-state index contributed by atoms with van der Waals surface area (Å²) in [5, 5.41) is 5.96. The van der Waals surface area contributed by atoms with Crippen molar-refractivity contribution in [2.45, 2.75) is 65.1 Å². The quantitative estimate of drug-likeness (QED) is 0.494. The molecule has 1 saturated carbocycles. The van der Waals surface area contributed by atoms with Crippen LogP contribution in [-0.4, -0.2) is 28.0 Å². The molecule has 1 aliphatic heterocycles. The summed E-state index contributed by atoms with van der Waals surface area (Å²) in [7, 11) is 0. The zero-order valence-corrected chi connectivity index (χ0v) is 21.1. The molecule has 3 heterocycles. The first kappa shape index (κ1) is 22.5. The van der Waals surface area contributed by atoms with Crippen LogP contribution in [0.25, 0.3) is 10.2 Å². The van der Waals surface area contributed by atoms with Crippen LogP contribution in [0, 0.1) is 18.8 Å². The fraction of sp³-hybridized carbons (Fsp3) is 0.462. The van der Waals surface area contributed by atoms with Gasteiger partial charge in [-0.25, -0.2) is 0 Å². The molecule has 0 bridgehead atoms. The van der Waals surface area contributed by atoms with Crippen LogP contribution in [0.15, 0.2) is 35.7 Å². The number of carbonyl (C=O) groups excluding carboxylic acids is 2. The predicted octanol–water partition coefficient (Wildman–Crippen LogP) is 6.02. The van der Waals surface area contributed by atoms with E-state index in [-0.39, 0.29) is 17.9 Å². The predicted molar refractivity (Wildman–Crippen MR) is 135 cm³/mol. The van der Waals surface area contributed by atoms with Gasteiger partial charge in [0.1, 0.15) is 11.2 Å². The molecule has 5 rings (SSSR count). The third-order valence-electron chi connectivity index (χ3n) is 7.90. The average Bonchev–Trinajstić information content (AvgIpc) is 3.37. The number of carbonyl (C=O) groups is 2. The Balaban J connectivity index is 1.61. The van der Waals surface area contributed by atoms with E-state index in [0.717, 1.165) is 28.6 Å². The van der Waals surface area contributed by atoms with Crippen LogP contribution in [0.4, 0.5) is 5.69 Å². The second kappa shape index (κ2) is 8.17. The number of anilines is 1. The lowest BCUT2D eigenvalue weighted by Crippen LogP contribution is -2.66. The summed E-state index contributed by atoms with van der Waals surface area (Å²) < 4.78 is 3.07. The van der Waals surface area contributed by atoms with Crippen molar-refractivity contribution >= 4 is 50.7 Å². The van der Waals surface area contributed by atoms with Gasteiger partial charge in [-0.3, -0.25) is 14.5 Å². The highest BCUT2D eigenvalue weighted by Gasteiger charge is 2.50. The molecule has 0 saturated heterocycles. The van der Waals surface area contributed by atoms with Crippen LogP contribution in [0.1, 0.15) is 56.1 Å². The SMILES string of the molecule is Cc1c(Cl)cccc1N1C(=O)c2cc3sccc3n2C[C@]1(C)C(=O)N[C@@H]1CCC[C@H](C)[C@H]1C. The van der Waals surface area contributed by atoms with Crippen LogP contribution in [0.3, 0.4) is 0 Å². The number of hydrogen-bond acceptors (Lipinski definition) is 3. The molecule has 5 nitrogen and oxygen atoms in total. The number of thiophene rings is 1. The zero-order valence-electron chi connectivity index (χ0n) is 19.5. The van der Waals surface area contributed by atoms with Crippen molar-refractivity contribution in [3.05, 3.63) is 52.0 Å². The minimum Gasteiger partial charge on any atom is -0.351 e. The summed E-state index contributed by atoms with van der Waals surface area (Å²) in [4.78, 5) is 29.7. The molecule has 1 aromatic carbocycles. The van der Waals surface area contributed by atoms with E-state index in [1.165, 1.54) is 6.42 Å². The number of fused-ring (bicyclic) bond motifs is 3. The second-order valence-electron chi connectivity index (χ2n) is 9.93. The van der Waals surface area contributed by atoms with Gasteiger partial charge in [0.25, 0.3) is 5.91 Å². The van der Waals surface area contributed by atoms with Gasteiger partial charge < -0.3 is 9.88 Å². The summed E-state index contributed by atoms with van der Waals surface area (Å²) >= 11 is 8.06. The number of aromatic nitrogens is 1. The Bertz CT molecular complexity index is 1250. The molecule has 1 aliphatic carbocycles. The molecule has 0 unspecified atom stereocenters. The molecule has 4 atom stereocenters. The van der Waals surface area contributed by atoms with Crippen LogP contribution in [-0.2, 0) is 11.3 Å². The highest BCUT2D eigenvalue weighted by atomic mass is 35.5. The van der Waals surface area contributed by atoms with Gasteiger partial charge in [-0.1, -0.05) is 44.4 Å². The van der Waals surface area contributed by atoms with Crippen molar-refractivity contribution in [3.8, 4) is 0 Å². The van der Waals surface area contributed by atoms with Gasteiger partial charge in [0, 0.05) is 16.8 Å². The Morgan fingerprint density at radius 3 is 2.82 bits per heavy atom. The van der Waals surface area contributed by atoms with E-state index >= 15 is 0 Å². The van der Waals surface area contributed by atoms with Crippen molar-refractivity contribution in [2.24, 2.45) is 11.8 Å². The van der Waals surface area contributed by atoms with E-state index in [0.29, 0.717) is 34.8 Å². The molecule has 0 spiro atoms. The monoisotopic (exact) mass is 483 g/mol. The molecule has 2 aliphatic rings. The van der Waals surface area contributed by atoms with Gasteiger partial charge in [-0.2, -0.15) is 0 Å². The topological polar surface area (TPSA) is 54.3 Å². The molecular weight excluding hydrogens is 454 g/mol. The number of halogens is 1. The van der Waals surface area contributed by atoms with Gasteiger partial charge in [0.05, 0.1) is 16.8 Å². The maximum Gasteiger partial charge on any atom is 0.275 e. The highest BCUT2D eigenvalue weighted by Crippen LogP contribution is 2.40. The Kier molecular flexibility index (Phi) is 5.57. The van der Waals surface area contributed by atoms with E-state index < -0.39 is 5.54 Å². The Labute approximate surface area is 203 Å². The number of benzene rings is 1. The van der Waals surface area contributed by atoms with E-state index in [1.807, 2.05) is 54.1 Å². The number of hydrogen-bond donors (Lipinski definition) is 1. The van der Waals surface area contributed by atoms with E-state index in [1.54, 1.807) is 16.2 Å². The summed E-state index contributed by atoms with van der Waals surface area (Å²) in [6, 6.07) is 9.63. The highest BCUT2D eigenvalue weighted by molar-refractivity contribution is 7.17. The van der Waals surface area contributed by atoms with E-state index in [9.17, 15) is 9.59 Å². The largest absolute Gasteiger partial charge is 0.351 e. The average molecular weight is 484 g/mol. The smallest absolute Gasteiger partial charge is 0.275 e. The summed E-state index contributed by atoms with van der Waals surface area (Å²) in [5.74, 6) is 0.692. The lowest BCUT2D eigenvalue weighted by atomic mass is 9.77. The molecule has 2 amide bonds. The summed E-state index contributed by atoms with van der Waals surface area (Å²) in [6.07, 6.45) is 3.28. The fourth-order valence-corrected chi connectivity index (χ4v) is 6.53. The van der Waals surface area contributed by atoms with Crippen molar-refractivity contribution in [1.29, 1.82) is 0 Å². The lowest BCUT2D eigenvalue weighted by Gasteiger charge is -2.46. The normalized spacial score (nSPS) is 27.6. The molecule has 3 aromatic rings. The molecule has 0 radical (unpaired) electrons. The molecule has 1 N–H and O–H groups in total. The fourth-order valence-electron chi connectivity index (χ4n) is 5.54. The third-order valence-corrected chi connectivity index (χ3v) is 9.16. The van der Waals surface area contributed by atoms with Gasteiger partial charge >= 0.3 is 0 Å². The van der Waals surface area contributed by atoms with Crippen molar-refractivity contribution in [2.75, 3.05) is 4.90 Å². The Hall–Kier alpha value is -2.31. The van der Waals surface area contributed by atoms with Gasteiger partial charge in [-0.15, -0.1) is 11.3 Å². The molecule has 1 fully saturated rings. The van der Waals surface area contributed by atoms with Gasteiger partial charge in [0.15, 0.2) is 0 Å². The zero-order chi connectivity index (χ0) is 23.5. The van der Waals surface area contributed by atoms with Crippen molar-refractivity contribution in [1.82, 2.24) is 9.88 Å².